The fourth-order valence-corrected chi connectivity index (χ4v) is 2.43. The van der Waals surface area contributed by atoms with Gasteiger partial charge in [0.2, 0.25) is 0 Å². The van der Waals surface area contributed by atoms with E-state index >= 15 is 0 Å². The van der Waals surface area contributed by atoms with Gasteiger partial charge in [-0.2, -0.15) is 5.26 Å². The lowest BCUT2D eigenvalue weighted by Gasteiger charge is -2.10. The van der Waals surface area contributed by atoms with Gasteiger partial charge in [0.25, 0.3) is 0 Å². The van der Waals surface area contributed by atoms with Crippen molar-refractivity contribution >= 4 is 0 Å². The first-order valence-electron chi connectivity index (χ1n) is 7.33. The second kappa shape index (κ2) is 6.01. The van der Waals surface area contributed by atoms with E-state index in [4.69, 9.17) is 0 Å². The van der Waals surface area contributed by atoms with Crippen LogP contribution in [0.4, 0.5) is 4.39 Å². The van der Waals surface area contributed by atoms with Gasteiger partial charge < -0.3 is 0 Å². The summed E-state index contributed by atoms with van der Waals surface area (Å²) in [7, 11) is 0. The molecule has 0 fully saturated rings. The average molecular weight is 306 g/mol. The maximum absolute atomic E-state index is 14.2. The van der Waals surface area contributed by atoms with E-state index in [1.807, 2.05) is 30.3 Å². The van der Waals surface area contributed by atoms with Crippen molar-refractivity contribution in [1.29, 1.82) is 5.26 Å². The number of benzene rings is 2. The highest BCUT2D eigenvalue weighted by molar-refractivity contribution is 5.67. The molecule has 1 aromatic heterocycles. The lowest BCUT2D eigenvalue weighted by molar-refractivity contribution is 0.629. The Morgan fingerprint density at radius 1 is 1.09 bits per heavy atom. The van der Waals surface area contributed by atoms with Crippen LogP contribution in [0.2, 0.25) is 0 Å². The van der Waals surface area contributed by atoms with Gasteiger partial charge in [-0.05, 0) is 35.7 Å². The van der Waals surface area contributed by atoms with Crippen molar-refractivity contribution in [2.45, 2.75) is 19.8 Å². The molecule has 0 radical (unpaired) electrons. The fourth-order valence-electron chi connectivity index (χ4n) is 2.43. The average Bonchev–Trinajstić information content (AvgIpc) is 2.99. The number of hydrogen-bond donors (Lipinski definition) is 0. The molecule has 0 atom stereocenters. The van der Waals surface area contributed by atoms with Gasteiger partial charge in [0.1, 0.15) is 17.6 Å². The molecule has 5 heteroatoms. The number of nitriles is 1. The molecule has 0 aliphatic carbocycles. The molecule has 3 rings (SSSR count). The lowest BCUT2D eigenvalue weighted by Crippen LogP contribution is -2.01. The molecule has 0 aliphatic heterocycles. The van der Waals surface area contributed by atoms with E-state index in [-0.39, 0.29) is 5.69 Å². The van der Waals surface area contributed by atoms with E-state index in [0.717, 1.165) is 5.69 Å². The van der Waals surface area contributed by atoms with Gasteiger partial charge in [0.15, 0.2) is 5.69 Å². The molecule has 0 aliphatic rings. The highest BCUT2D eigenvalue weighted by atomic mass is 19.1. The first-order valence-corrected chi connectivity index (χ1v) is 7.33. The van der Waals surface area contributed by atoms with Gasteiger partial charge in [-0.3, -0.25) is 0 Å². The fraction of sp³-hybridized carbons (Fsp3) is 0.167. The van der Waals surface area contributed by atoms with Crippen LogP contribution < -0.4 is 0 Å². The van der Waals surface area contributed by atoms with E-state index < -0.39 is 5.82 Å². The van der Waals surface area contributed by atoms with Crippen LogP contribution in [0.15, 0.2) is 48.5 Å². The minimum atomic E-state index is -0.411. The van der Waals surface area contributed by atoms with Crippen molar-refractivity contribution in [2.24, 2.45) is 0 Å². The smallest absolute Gasteiger partial charge is 0.191 e. The molecule has 0 bridgehead atoms. The van der Waals surface area contributed by atoms with Crippen molar-refractivity contribution < 1.29 is 4.39 Å². The highest BCUT2D eigenvalue weighted by Crippen LogP contribution is 2.27. The van der Waals surface area contributed by atoms with Crippen LogP contribution in [-0.2, 0) is 0 Å². The summed E-state index contributed by atoms with van der Waals surface area (Å²) in [4.78, 5) is 0. The highest BCUT2D eigenvalue weighted by Gasteiger charge is 2.19. The van der Waals surface area contributed by atoms with Crippen LogP contribution in [0.25, 0.3) is 16.9 Å². The second-order valence-electron chi connectivity index (χ2n) is 5.54. The minimum absolute atomic E-state index is 0.100. The first-order chi connectivity index (χ1) is 11.1. The zero-order valence-electron chi connectivity index (χ0n) is 12.9. The zero-order chi connectivity index (χ0) is 16.4. The van der Waals surface area contributed by atoms with Crippen LogP contribution >= 0.6 is 0 Å². The Bertz CT molecular complexity index is 873. The van der Waals surface area contributed by atoms with E-state index in [2.05, 4.69) is 24.2 Å². The minimum Gasteiger partial charge on any atom is -0.211 e. The summed E-state index contributed by atoms with van der Waals surface area (Å²) in [5, 5.41) is 17.2. The molecule has 0 saturated carbocycles. The van der Waals surface area contributed by atoms with Gasteiger partial charge in [-0.1, -0.05) is 43.3 Å². The standard InChI is InChI=1S/C18H15FN4/c1-12(2)13-7-9-14(10-8-13)23-18(17(11-20)21-22-23)15-5-3-4-6-16(15)19/h3-10,12H,1-2H3. The number of rotatable bonds is 3. The van der Waals surface area contributed by atoms with Crippen LogP contribution in [-0.4, -0.2) is 15.0 Å². The lowest BCUT2D eigenvalue weighted by atomic mass is 10.0. The molecule has 0 amide bonds. The molecule has 23 heavy (non-hydrogen) atoms. The van der Waals surface area contributed by atoms with Gasteiger partial charge in [-0.25, -0.2) is 9.07 Å². The molecule has 114 valence electrons. The van der Waals surface area contributed by atoms with Gasteiger partial charge in [-0.15, -0.1) is 5.10 Å². The van der Waals surface area contributed by atoms with Gasteiger partial charge in [0.05, 0.1) is 5.69 Å². The zero-order valence-corrected chi connectivity index (χ0v) is 12.9. The summed E-state index contributed by atoms with van der Waals surface area (Å²) >= 11 is 0. The molecule has 0 N–H and O–H groups in total. The van der Waals surface area contributed by atoms with Gasteiger partial charge >= 0.3 is 0 Å². The predicted molar refractivity (Wildman–Crippen MR) is 85.6 cm³/mol. The van der Waals surface area contributed by atoms with Crippen molar-refractivity contribution in [3.8, 4) is 23.0 Å². The predicted octanol–water partition coefficient (Wildman–Crippen LogP) is 4.07. The second-order valence-corrected chi connectivity index (χ2v) is 5.54. The number of aromatic nitrogens is 3. The van der Waals surface area contributed by atoms with Crippen LogP contribution in [0.5, 0.6) is 0 Å². The van der Waals surface area contributed by atoms with Crippen LogP contribution in [0.3, 0.4) is 0 Å². The number of halogens is 1. The third-order valence-corrected chi connectivity index (χ3v) is 3.71. The van der Waals surface area contributed by atoms with Crippen molar-refractivity contribution in [3.63, 3.8) is 0 Å². The quantitative estimate of drug-likeness (QED) is 0.733. The van der Waals surface area contributed by atoms with E-state index in [1.54, 1.807) is 18.2 Å². The molecule has 4 nitrogen and oxygen atoms in total. The van der Waals surface area contributed by atoms with Crippen LogP contribution in [0, 0.1) is 17.1 Å². The van der Waals surface area contributed by atoms with Crippen molar-refractivity contribution in [3.05, 3.63) is 65.6 Å². The Morgan fingerprint density at radius 2 is 1.78 bits per heavy atom. The summed E-state index contributed by atoms with van der Waals surface area (Å²) in [5.74, 6) is 0.00635. The summed E-state index contributed by atoms with van der Waals surface area (Å²) < 4.78 is 15.7. The number of nitrogens with zero attached hydrogens (tertiary/aromatic N) is 4. The van der Waals surface area contributed by atoms with Gasteiger partial charge in [0, 0.05) is 5.56 Å². The number of hydrogen-bond acceptors (Lipinski definition) is 3. The SMILES string of the molecule is CC(C)c1ccc(-n2nnc(C#N)c2-c2ccccc2F)cc1. The summed E-state index contributed by atoms with van der Waals surface area (Å²) in [6, 6.07) is 16.1. The molecular weight excluding hydrogens is 291 g/mol. The Morgan fingerprint density at radius 3 is 2.39 bits per heavy atom. The Balaban J connectivity index is 2.16. The molecule has 0 unspecified atom stereocenters. The largest absolute Gasteiger partial charge is 0.211 e. The maximum atomic E-state index is 14.2. The van der Waals surface area contributed by atoms with E-state index in [9.17, 15) is 9.65 Å². The summed E-state index contributed by atoms with van der Waals surface area (Å²) in [6.45, 7) is 4.23. The third-order valence-electron chi connectivity index (χ3n) is 3.71. The maximum Gasteiger partial charge on any atom is 0.191 e. The monoisotopic (exact) mass is 306 g/mol. The molecule has 2 aromatic carbocycles. The third kappa shape index (κ3) is 2.71. The van der Waals surface area contributed by atoms with Crippen molar-refractivity contribution in [2.75, 3.05) is 0 Å². The Kier molecular flexibility index (Phi) is 3.90. The van der Waals surface area contributed by atoms with Crippen LogP contribution in [0.1, 0.15) is 31.0 Å². The molecular formula is C18H15FN4. The first kappa shape index (κ1) is 14.9. The molecule has 3 aromatic rings. The molecule has 0 spiro atoms. The van der Waals surface area contributed by atoms with E-state index in [1.165, 1.54) is 16.3 Å². The Labute approximate surface area is 133 Å². The summed E-state index contributed by atoms with van der Waals surface area (Å²) in [6.07, 6.45) is 0. The normalized spacial score (nSPS) is 10.7. The molecule has 1 heterocycles. The van der Waals surface area contributed by atoms with E-state index in [0.29, 0.717) is 17.2 Å². The summed E-state index contributed by atoms with van der Waals surface area (Å²) in [5.41, 5.74) is 2.70. The Hall–Kier alpha value is -3.00. The molecule has 0 saturated heterocycles. The topological polar surface area (TPSA) is 54.5 Å². The van der Waals surface area contributed by atoms with Crippen molar-refractivity contribution in [1.82, 2.24) is 15.0 Å².